The Morgan fingerprint density at radius 1 is 1.15 bits per heavy atom. The highest BCUT2D eigenvalue weighted by Crippen LogP contribution is 2.19. The van der Waals surface area contributed by atoms with Gasteiger partial charge < -0.3 is 14.8 Å². The maximum atomic E-state index is 12.5. The van der Waals surface area contributed by atoms with Crippen LogP contribution in [0.3, 0.4) is 0 Å². The zero-order valence-corrected chi connectivity index (χ0v) is 14.6. The summed E-state index contributed by atoms with van der Waals surface area (Å²) in [6.45, 7) is 4.20. The molecule has 0 unspecified atom stereocenters. The Bertz CT molecular complexity index is 904. The third-order valence-corrected chi connectivity index (χ3v) is 4.55. The van der Waals surface area contributed by atoms with Crippen molar-refractivity contribution in [2.75, 3.05) is 11.9 Å². The summed E-state index contributed by atoms with van der Waals surface area (Å²) < 4.78 is 2.14. The third-order valence-electron chi connectivity index (χ3n) is 4.55. The Balaban J connectivity index is 1.42. The lowest BCUT2D eigenvalue weighted by Crippen LogP contribution is -2.39. The fraction of sp³-hybridized carbons (Fsp3) is 0.263. The second-order valence-electron chi connectivity index (χ2n) is 6.19. The molecule has 1 aliphatic heterocycles. The van der Waals surface area contributed by atoms with Gasteiger partial charge in [0.25, 0.3) is 0 Å². The highest BCUT2D eigenvalue weighted by molar-refractivity contribution is 5.89. The minimum Gasteiger partial charge on any atom is -0.334 e. The SMILES string of the molecule is CCn1cnc2c1CCN(C(=O)Nc1cnc(-c3ccccc3)nc1)C2. The van der Waals surface area contributed by atoms with Gasteiger partial charge in [0.1, 0.15) is 0 Å². The zero-order valence-electron chi connectivity index (χ0n) is 14.6. The number of nitrogens with zero attached hydrogens (tertiary/aromatic N) is 5. The molecule has 2 amide bonds. The van der Waals surface area contributed by atoms with Gasteiger partial charge in [0.05, 0.1) is 36.6 Å². The van der Waals surface area contributed by atoms with Gasteiger partial charge in [-0.15, -0.1) is 0 Å². The molecule has 0 spiro atoms. The van der Waals surface area contributed by atoms with Crippen molar-refractivity contribution in [3.05, 3.63) is 60.4 Å². The van der Waals surface area contributed by atoms with Crippen molar-refractivity contribution in [3.8, 4) is 11.4 Å². The van der Waals surface area contributed by atoms with E-state index in [0.29, 0.717) is 24.6 Å². The Hall–Kier alpha value is -3.22. The summed E-state index contributed by atoms with van der Waals surface area (Å²) in [4.78, 5) is 27.4. The van der Waals surface area contributed by atoms with E-state index < -0.39 is 0 Å². The highest BCUT2D eigenvalue weighted by atomic mass is 16.2. The largest absolute Gasteiger partial charge is 0.334 e. The molecule has 132 valence electrons. The number of nitrogens with one attached hydrogen (secondary N) is 1. The summed E-state index contributed by atoms with van der Waals surface area (Å²) >= 11 is 0. The molecule has 0 fully saturated rings. The molecule has 7 nitrogen and oxygen atoms in total. The molecule has 2 aromatic heterocycles. The Labute approximate surface area is 151 Å². The molecular weight excluding hydrogens is 328 g/mol. The summed E-state index contributed by atoms with van der Waals surface area (Å²) in [6.07, 6.45) is 5.94. The van der Waals surface area contributed by atoms with E-state index in [-0.39, 0.29) is 6.03 Å². The molecule has 3 aromatic rings. The Kier molecular flexibility index (Phi) is 4.35. The topological polar surface area (TPSA) is 75.9 Å². The number of hydrogen-bond donors (Lipinski definition) is 1. The summed E-state index contributed by atoms with van der Waals surface area (Å²) in [5.41, 5.74) is 3.73. The number of carbonyl (C=O) groups is 1. The number of benzene rings is 1. The summed E-state index contributed by atoms with van der Waals surface area (Å²) in [6, 6.07) is 9.59. The van der Waals surface area contributed by atoms with Crippen LogP contribution in [0.2, 0.25) is 0 Å². The number of aryl methyl sites for hydroxylation is 1. The van der Waals surface area contributed by atoms with Crippen molar-refractivity contribution in [1.29, 1.82) is 0 Å². The molecule has 7 heteroatoms. The molecule has 0 saturated carbocycles. The molecule has 1 aromatic carbocycles. The standard InChI is InChI=1S/C19H20N6O/c1-2-24-13-22-16-12-25(9-8-17(16)24)19(26)23-15-10-20-18(21-11-15)14-6-4-3-5-7-14/h3-7,10-11,13H,2,8-9,12H2,1H3,(H,23,26). The van der Waals surface area contributed by atoms with Gasteiger partial charge in [-0.05, 0) is 6.92 Å². The normalized spacial score (nSPS) is 13.3. The van der Waals surface area contributed by atoms with Crippen LogP contribution >= 0.6 is 0 Å². The van der Waals surface area contributed by atoms with Crippen LogP contribution in [0.5, 0.6) is 0 Å². The highest BCUT2D eigenvalue weighted by Gasteiger charge is 2.24. The number of aromatic nitrogens is 4. The fourth-order valence-electron chi connectivity index (χ4n) is 3.15. The molecule has 3 heterocycles. The van der Waals surface area contributed by atoms with E-state index in [9.17, 15) is 4.79 Å². The second-order valence-corrected chi connectivity index (χ2v) is 6.19. The Morgan fingerprint density at radius 2 is 1.92 bits per heavy atom. The average Bonchev–Trinajstić information content (AvgIpc) is 3.11. The van der Waals surface area contributed by atoms with Crippen LogP contribution in [0.1, 0.15) is 18.3 Å². The molecule has 1 aliphatic rings. The quantitative estimate of drug-likeness (QED) is 0.789. The second kappa shape index (κ2) is 6.95. The third kappa shape index (κ3) is 3.15. The number of amides is 2. The van der Waals surface area contributed by atoms with Gasteiger partial charge in [0.15, 0.2) is 5.82 Å². The minimum absolute atomic E-state index is 0.155. The van der Waals surface area contributed by atoms with Gasteiger partial charge in [-0.1, -0.05) is 30.3 Å². The molecule has 0 aliphatic carbocycles. The van der Waals surface area contributed by atoms with Crippen molar-refractivity contribution in [2.24, 2.45) is 0 Å². The summed E-state index contributed by atoms with van der Waals surface area (Å²) in [5.74, 6) is 0.635. The van der Waals surface area contributed by atoms with E-state index in [1.807, 2.05) is 36.7 Å². The first kappa shape index (κ1) is 16.3. The maximum absolute atomic E-state index is 12.5. The summed E-state index contributed by atoms with van der Waals surface area (Å²) in [7, 11) is 0. The molecule has 0 bridgehead atoms. The van der Waals surface area contributed by atoms with Crippen LogP contribution in [-0.2, 0) is 19.5 Å². The van der Waals surface area contributed by atoms with E-state index in [1.165, 1.54) is 5.69 Å². The van der Waals surface area contributed by atoms with E-state index in [1.54, 1.807) is 17.3 Å². The maximum Gasteiger partial charge on any atom is 0.322 e. The van der Waals surface area contributed by atoms with Gasteiger partial charge in [-0.3, -0.25) is 0 Å². The predicted molar refractivity (Wildman–Crippen MR) is 98.5 cm³/mol. The van der Waals surface area contributed by atoms with E-state index in [4.69, 9.17) is 0 Å². The van der Waals surface area contributed by atoms with Gasteiger partial charge in [0.2, 0.25) is 0 Å². The molecule has 0 saturated heterocycles. The van der Waals surface area contributed by atoms with Crippen LogP contribution in [0.15, 0.2) is 49.1 Å². The number of fused-ring (bicyclic) bond motifs is 1. The van der Waals surface area contributed by atoms with Gasteiger partial charge >= 0.3 is 6.03 Å². The fourth-order valence-corrected chi connectivity index (χ4v) is 3.15. The van der Waals surface area contributed by atoms with E-state index in [0.717, 1.165) is 24.2 Å². The zero-order chi connectivity index (χ0) is 17.9. The van der Waals surface area contributed by atoms with Crippen molar-refractivity contribution in [2.45, 2.75) is 26.4 Å². The predicted octanol–water partition coefficient (Wildman–Crippen LogP) is 2.95. The molecule has 0 atom stereocenters. The lowest BCUT2D eigenvalue weighted by molar-refractivity contribution is 0.205. The number of anilines is 1. The molecule has 4 rings (SSSR count). The van der Waals surface area contributed by atoms with Crippen molar-refractivity contribution >= 4 is 11.7 Å². The number of imidazole rings is 1. The number of carbonyl (C=O) groups excluding carboxylic acids is 1. The van der Waals surface area contributed by atoms with E-state index in [2.05, 4.69) is 31.8 Å². The number of urea groups is 1. The molecule has 1 N–H and O–H groups in total. The molecule has 0 radical (unpaired) electrons. The van der Waals surface area contributed by atoms with Crippen LogP contribution in [0.4, 0.5) is 10.5 Å². The molecular formula is C19H20N6O. The first-order chi connectivity index (χ1) is 12.7. The van der Waals surface area contributed by atoms with Crippen molar-refractivity contribution < 1.29 is 4.79 Å². The van der Waals surface area contributed by atoms with Crippen LogP contribution in [0.25, 0.3) is 11.4 Å². The lowest BCUT2D eigenvalue weighted by Gasteiger charge is -2.27. The van der Waals surface area contributed by atoms with Crippen LogP contribution in [0, 0.1) is 0 Å². The van der Waals surface area contributed by atoms with Gasteiger partial charge in [0, 0.05) is 30.8 Å². The molecule has 26 heavy (non-hydrogen) atoms. The van der Waals surface area contributed by atoms with Gasteiger partial charge in [-0.25, -0.2) is 19.7 Å². The van der Waals surface area contributed by atoms with Crippen LogP contribution < -0.4 is 5.32 Å². The van der Waals surface area contributed by atoms with Gasteiger partial charge in [-0.2, -0.15) is 0 Å². The van der Waals surface area contributed by atoms with Crippen molar-refractivity contribution in [1.82, 2.24) is 24.4 Å². The smallest absolute Gasteiger partial charge is 0.322 e. The summed E-state index contributed by atoms with van der Waals surface area (Å²) in [5, 5.41) is 2.87. The van der Waals surface area contributed by atoms with E-state index >= 15 is 0 Å². The first-order valence-electron chi connectivity index (χ1n) is 8.71. The minimum atomic E-state index is -0.155. The number of hydrogen-bond acceptors (Lipinski definition) is 4. The van der Waals surface area contributed by atoms with Crippen LogP contribution in [-0.4, -0.2) is 37.0 Å². The monoisotopic (exact) mass is 348 g/mol. The van der Waals surface area contributed by atoms with Crippen molar-refractivity contribution in [3.63, 3.8) is 0 Å². The Morgan fingerprint density at radius 3 is 2.65 bits per heavy atom. The lowest BCUT2D eigenvalue weighted by atomic mass is 10.1. The average molecular weight is 348 g/mol. The first-order valence-corrected chi connectivity index (χ1v) is 8.71. The number of rotatable bonds is 3.